The Kier molecular flexibility index (Phi) is 7.05. The summed E-state index contributed by atoms with van der Waals surface area (Å²) < 4.78 is 0. The van der Waals surface area contributed by atoms with Crippen LogP contribution in [0.2, 0.25) is 0 Å². The molecule has 1 fully saturated rings. The second kappa shape index (κ2) is 9.50. The van der Waals surface area contributed by atoms with E-state index in [1.54, 1.807) is 6.92 Å². The monoisotopic (exact) mass is 383 g/mol. The molecule has 0 aliphatic carbocycles. The Balaban J connectivity index is 1.54. The third kappa shape index (κ3) is 5.31. The van der Waals surface area contributed by atoms with Crippen LogP contribution in [0.4, 0.5) is 0 Å². The van der Waals surface area contributed by atoms with Gasteiger partial charge in [-0.3, -0.25) is 14.6 Å². The third-order valence-corrected chi connectivity index (χ3v) is 5.57. The van der Waals surface area contributed by atoms with Gasteiger partial charge in [-0.2, -0.15) is 0 Å². The Morgan fingerprint density at radius 1 is 1.04 bits per heavy atom. The van der Waals surface area contributed by atoms with Crippen LogP contribution in [0.25, 0.3) is 10.8 Å². The Hall–Kier alpha value is -1.95. The first-order valence-electron chi connectivity index (χ1n) is 10.3. The van der Waals surface area contributed by atoms with Gasteiger partial charge < -0.3 is 10.0 Å². The Morgan fingerprint density at radius 2 is 1.71 bits per heavy atom. The van der Waals surface area contributed by atoms with Gasteiger partial charge in [0, 0.05) is 45.3 Å². The number of hydrogen-bond acceptors (Lipinski definition) is 4. The lowest BCUT2D eigenvalue weighted by Gasteiger charge is -2.36. The van der Waals surface area contributed by atoms with Crippen molar-refractivity contribution in [3.8, 4) is 0 Å². The van der Waals surface area contributed by atoms with Crippen molar-refractivity contribution in [3.05, 3.63) is 48.0 Å². The molecule has 1 N–H and O–H groups in total. The summed E-state index contributed by atoms with van der Waals surface area (Å²) in [6, 6.07) is 15.2. The predicted octanol–water partition coefficient (Wildman–Crippen LogP) is 2.58. The molecule has 0 spiro atoms. The molecule has 2 aromatic carbocycles. The number of rotatable bonds is 7. The van der Waals surface area contributed by atoms with Gasteiger partial charge in [0.15, 0.2) is 0 Å². The van der Waals surface area contributed by atoms with Crippen LogP contribution in [-0.4, -0.2) is 77.1 Å². The first-order chi connectivity index (χ1) is 13.4. The molecule has 2 aromatic rings. The maximum atomic E-state index is 12.7. The number of fused-ring (bicyclic) bond motifs is 1. The van der Waals surface area contributed by atoms with Crippen LogP contribution in [0.5, 0.6) is 0 Å². The molecular formula is C23H33N3O2. The molecule has 1 heterocycles. The average molecular weight is 384 g/mol. The van der Waals surface area contributed by atoms with Gasteiger partial charge in [-0.05, 0) is 37.1 Å². The summed E-state index contributed by atoms with van der Waals surface area (Å²) in [7, 11) is 0. The van der Waals surface area contributed by atoms with E-state index in [9.17, 15) is 9.90 Å². The number of hydrogen-bond donors (Lipinski definition) is 1. The maximum absolute atomic E-state index is 12.7. The van der Waals surface area contributed by atoms with Crippen LogP contribution < -0.4 is 0 Å². The minimum absolute atomic E-state index is 0.166. The minimum atomic E-state index is -0.423. The van der Waals surface area contributed by atoms with E-state index in [-0.39, 0.29) is 11.9 Å². The molecule has 1 amide bonds. The number of piperazine rings is 1. The van der Waals surface area contributed by atoms with E-state index in [1.807, 2.05) is 4.90 Å². The molecule has 0 aromatic heterocycles. The van der Waals surface area contributed by atoms with Crippen LogP contribution in [0, 0.1) is 0 Å². The number of aliphatic hydroxyl groups excluding tert-OH is 1. The lowest BCUT2D eigenvalue weighted by molar-refractivity contribution is -0.135. The van der Waals surface area contributed by atoms with Gasteiger partial charge in [0.25, 0.3) is 0 Å². The van der Waals surface area contributed by atoms with Crippen LogP contribution >= 0.6 is 0 Å². The van der Waals surface area contributed by atoms with Crippen molar-refractivity contribution in [1.29, 1.82) is 0 Å². The second-order valence-corrected chi connectivity index (χ2v) is 8.17. The fraction of sp³-hybridized carbons (Fsp3) is 0.522. The summed E-state index contributed by atoms with van der Waals surface area (Å²) >= 11 is 0. The normalized spacial score (nSPS) is 16.9. The summed E-state index contributed by atoms with van der Waals surface area (Å²) in [6.45, 7) is 11.1. The molecule has 0 radical (unpaired) electrons. The Labute approximate surface area is 168 Å². The molecule has 1 aliphatic heterocycles. The van der Waals surface area contributed by atoms with Gasteiger partial charge in [-0.25, -0.2) is 0 Å². The van der Waals surface area contributed by atoms with Crippen molar-refractivity contribution in [2.45, 2.75) is 39.5 Å². The molecular weight excluding hydrogens is 350 g/mol. The largest absolute Gasteiger partial charge is 0.392 e. The zero-order chi connectivity index (χ0) is 20.1. The predicted molar refractivity (Wildman–Crippen MR) is 114 cm³/mol. The van der Waals surface area contributed by atoms with Crippen LogP contribution in [0.3, 0.4) is 0 Å². The molecule has 5 heteroatoms. The average Bonchev–Trinajstić information content (AvgIpc) is 2.68. The second-order valence-electron chi connectivity index (χ2n) is 8.17. The van der Waals surface area contributed by atoms with Gasteiger partial charge in [0.1, 0.15) is 0 Å². The van der Waals surface area contributed by atoms with E-state index in [1.165, 1.54) is 16.3 Å². The third-order valence-electron chi connectivity index (χ3n) is 5.57. The first kappa shape index (κ1) is 20.8. The molecule has 3 rings (SSSR count). The summed E-state index contributed by atoms with van der Waals surface area (Å²) in [5.74, 6) is 0.166. The van der Waals surface area contributed by atoms with E-state index >= 15 is 0 Å². The molecule has 152 valence electrons. The number of carbonyl (C=O) groups is 1. The first-order valence-corrected chi connectivity index (χ1v) is 10.3. The van der Waals surface area contributed by atoms with Gasteiger partial charge >= 0.3 is 0 Å². The van der Waals surface area contributed by atoms with E-state index in [2.05, 4.69) is 66.1 Å². The van der Waals surface area contributed by atoms with Gasteiger partial charge in [-0.15, -0.1) is 0 Å². The maximum Gasteiger partial charge on any atom is 0.236 e. The topological polar surface area (TPSA) is 47.0 Å². The molecule has 5 nitrogen and oxygen atoms in total. The smallest absolute Gasteiger partial charge is 0.236 e. The molecule has 1 unspecified atom stereocenters. The Morgan fingerprint density at radius 3 is 2.39 bits per heavy atom. The van der Waals surface area contributed by atoms with Crippen molar-refractivity contribution in [2.75, 3.05) is 39.3 Å². The number of amides is 1. The molecule has 0 saturated carbocycles. The number of carbonyl (C=O) groups excluding carboxylic acids is 1. The van der Waals surface area contributed by atoms with E-state index < -0.39 is 6.10 Å². The van der Waals surface area contributed by atoms with Gasteiger partial charge in [-0.1, -0.05) is 42.5 Å². The highest BCUT2D eigenvalue weighted by Crippen LogP contribution is 2.20. The number of nitrogens with zero attached hydrogens (tertiary/aromatic N) is 3. The SMILES string of the molecule is CC(O)CN(CC(=O)N1CCN(Cc2cccc3ccccc23)CC1)C(C)C. The molecule has 1 saturated heterocycles. The summed E-state index contributed by atoms with van der Waals surface area (Å²) in [6.07, 6.45) is -0.423. The van der Waals surface area contributed by atoms with Crippen LogP contribution in [0.1, 0.15) is 26.3 Å². The minimum Gasteiger partial charge on any atom is -0.392 e. The standard InChI is InChI=1S/C23H33N3O2/c1-18(2)26(15-19(3)27)17-23(28)25-13-11-24(12-14-25)16-21-9-6-8-20-7-4-5-10-22(20)21/h4-10,18-19,27H,11-17H2,1-3H3. The van der Waals surface area contributed by atoms with E-state index in [0.29, 0.717) is 13.1 Å². The molecule has 1 atom stereocenters. The van der Waals surface area contributed by atoms with Crippen molar-refractivity contribution in [1.82, 2.24) is 14.7 Å². The summed E-state index contributed by atoms with van der Waals surface area (Å²) in [4.78, 5) is 19.2. The van der Waals surface area contributed by atoms with Crippen molar-refractivity contribution in [3.63, 3.8) is 0 Å². The van der Waals surface area contributed by atoms with Gasteiger partial charge in [0.2, 0.25) is 5.91 Å². The lowest BCUT2D eigenvalue weighted by Crippen LogP contribution is -2.52. The fourth-order valence-electron chi connectivity index (χ4n) is 3.90. The van der Waals surface area contributed by atoms with E-state index in [0.717, 1.165) is 32.7 Å². The lowest BCUT2D eigenvalue weighted by atomic mass is 10.0. The van der Waals surface area contributed by atoms with E-state index in [4.69, 9.17) is 0 Å². The number of benzene rings is 2. The Bertz CT molecular complexity index is 777. The quantitative estimate of drug-likeness (QED) is 0.798. The fourth-order valence-corrected chi connectivity index (χ4v) is 3.90. The van der Waals surface area contributed by atoms with Crippen molar-refractivity contribution in [2.24, 2.45) is 0 Å². The molecule has 0 bridgehead atoms. The zero-order valence-electron chi connectivity index (χ0n) is 17.3. The highest BCUT2D eigenvalue weighted by Gasteiger charge is 2.24. The van der Waals surface area contributed by atoms with Crippen LogP contribution in [-0.2, 0) is 11.3 Å². The highest BCUT2D eigenvalue weighted by atomic mass is 16.3. The zero-order valence-corrected chi connectivity index (χ0v) is 17.3. The van der Waals surface area contributed by atoms with Crippen molar-refractivity contribution >= 4 is 16.7 Å². The molecule has 28 heavy (non-hydrogen) atoms. The molecule has 1 aliphatic rings. The number of aliphatic hydroxyl groups is 1. The van der Waals surface area contributed by atoms with Crippen molar-refractivity contribution < 1.29 is 9.90 Å². The summed E-state index contributed by atoms with van der Waals surface area (Å²) in [5.41, 5.74) is 1.35. The van der Waals surface area contributed by atoms with Gasteiger partial charge in [0.05, 0.1) is 12.6 Å². The van der Waals surface area contributed by atoms with Crippen LogP contribution in [0.15, 0.2) is 42.5 Å². The highest BCUT2D eigenvalue weighted by molar-refractivity contribution is 5.85. The summed E-state index contributed by atoms with van der Waals surface area (Å²) in [5, 5.41) is 12.3.